The number of hydrogen-bond acceptors (Lipinski definition) is 3. The molecule has 2 heterocycles. The molecule has 1 N–H and O–H groups in total. The summed E-state index contributed by atoms with van der Waals surface area (Å²) in [5.41, 5.74) is 0.193. The average Bonchev–Trinajstić information content (AvgIpc) is 3.17. The fourth-order valence-corrected chi connectivity index (χ4v) is 4.46. The lowest BCUT2D eigenvalue weighted by Crippen LogP contribution is -2.52. The quantitative estimate of drug-likeness (QED) is 0.789. The first kappa shape index (κ1) is 17.6. The molecule has 1 saturated heterocycles. The van der Waals surface area contributed by atoms with Crippen LogP contribution in [0.5, 0.6) is 5.88 Å². The van der Waals surface area contributed by atoms with Gasteiger partial charge in [0.2, 0.25) is 5.88 Å². The number of likely N-dealkylation sites (tertiary alicyclic amines) is 1. The molecule has 1 amide bonds. The van der Waals surface area contributed by atoms with Gasteiger partial charge in [0.25, 0.3) is 0 Å². The first-order chi connectivity index (χ1) is 11.1. The van der Waals surface area contributed by atoms with Crippen molar-refractivity contribution < 1.29 is 14.6 Å². The molecule has 1 aromatic heterocycles. The van der Waals surface area contributed by atoms with Gasteiger partial charge in [-0.05, 0) is 35.7 Å². The van der Waals surface area contributed by atoms with Gasteiger partial charge in [-0.15, -0.1) is 0 Å². The van der Waals surface area contributed by atoms with Crippen molar-refractivity contribution in [2.75, 3.05) is 13.2 Å². The van der Waals surface area contributed by atoms with Gasteiger partial charge >= 0.3 is 6.09 Å². The number of piperidine rings is 1. The van der Waals surface area contributed by atoms with E-state index in [4.69, 9.17) is 27.9 Å². The van der Waals surface area contributed by atoms with Gasteiger partial charge in [0, 0.05) is 17.6 Å². The van der Waals surface area contributed by atoms with Gasteiger partial charge < -0.3 is 14.7 Å². The van der Waals surface area contributed by atoms with Gasteiger partial charge in [0.15, 0.2) is 0 Å². The van der Waals surface area contributed by atoms with Crippen LogP contribution >= 0.6 is 23.2 Å². The third-order valence-corrected chi connectivity index (χ3v) is 5.99. The van der Waals surface area contributed by atoms with E-state index in [1.165, 1.54) is 11.0 Å². The average molecular weight is 373 g/mol. The minimum Gasteiger partial charge on any atom is -0.475 e. The first-order valence-electron chi connectivity index (χ1n) is 8.08. The van der Waals surface area contributed by atoms with E-state index in [-0.39, 0.29) is 28.6 Å². The molecular weight excluding hydrogens is 351 g/mol. The highest BCUT2D eigenvalue weighted by molar-refractivity contribution is 6.34. The van der Waals surface area contributed by atoms with E-state index < -0.39 is 6.09 Å². The summed E-state index contributed by atoms with van der Waals surface area (Å²) in [7, 11) is 0. The molecule has 5 nitrogen and oxygen atoms in total. The van der Waals surface area contributed by atoms with Gasteiger partial charge in [0.05, 0.1) is 6.04 Å². The van der Waals surface area contributed by atoms with Gasteiger partial charge in [-0.1, -0.05) is 44.0 Å². The van der Waals surface area contributed by atoms with E-state index in [1.807, 2.05) is 0 Å². The van der Waals surface area contributed by atoms with Crippen LogP contribution < -0.4 is 4.74 Å². The predicted octanol–water partition coefficient (Wildman–Crippen LogP) is 4.57. The summed E-state index contributed by atoms with van der Waals surface area (Å²) >= 11 is 11.8. The van der Waals surface area contributed by atoms with E-state index in [2.05, 4.69) is 25.8 Å². The molecule has 7 heteroatoms. The molecule has 3 atom stereocenters. The van der Waals surface area contributed by atoms with Crippen LogP contribution in [0.2, 0.25) is 10.2 Å². The van der Waals surface area contributed by atoms with Crippen molar-refractivity contribution in [1.82, 2.24) is 9.88 Å². The second kappa shape index (κ2) is 5.95. The second-order valence-corrected chi connectivity index (χ2v) is 8.69. The second-order valence-electron chi connectivity index (χ2n) is 7.86. The molecule has 1 aromatic rings. The SMILES string of the molecule is CC(C)(C)[C@]12C[C@H]1C[C@@H](COc1cc(Cl)cc(Cl)n1)N(C(=O)O)C2. The molecular formula is C17H22Cl2N2O3. The number of ether oxygens (including phenoxy) is 1. The number of aromatic nitrogens is 1. The minimum absolute atomic E-state index is 0.0965. The number of fused-ring (bicyclic) bond motifs is 1. The molecule has 2 aliphatic rings. The van der Waals surface area contributed by atoms with E-state index in [0.717, 1.165) is 12.8 Å². The maximum absolute atomic E-state index is 11.7. The maximum Gasteiger partial charge on any atom is 0.407 e. The third-order valence-electron chi connectivity index (χ3n) is 5.58. The van der Waals surface area contributed by atoms with Crippen molar-refractivity contribution in [2.45, 2.75) is 39.7 Å². The molecule has 24 heavy (non-hydrogen) atoms. The molecule has 3 rings (SSSR count). The number of halogens is 2. The summed E-state index contributed by atoms with van der Waals surface area (Å²) in [4.78, 5) is 17.3. The Morgan fingerprint density at radius 2 is 2.17 bits per heavy atom. The Labute approximate surface area is 151 Å². The lowest BCUT2D eigenvalue weighted by atomic mass is 9.73. The number of nitrogens with zero attached hydrogens (tertiary/aromatic N) is 2. The van der Waals surface area contributed by atoms with E-state index in [1.54, 1.807) is 6.07 Å². The highest BCUT2D eigenvalue weighted by atomic mass is 35.5. The fraction of sp³-hybridized carbons (Fsp3) is 0.647. The number of hydrogen-bond donors (Lipinski definition) is 1. The zero-order valence-electron chi connectivity index (χ0n) is 14.1. The Bertz CT molecular complexity index is 641. The molecule has 1 saturated carbocycles. The normalized spacial score (nSPS) is 29.1. The van der Waals surface area contributed by atoms with Crippen LogP contribution in [0.15, 0.2) is 12.1 Å². The summed E-state index contributed by atoms with van der Waals surface area (Å²) in [5, 5.41) is 10.3. The standard InChI is InChI=1S/C17H22Cl2N2O3/c1-16(2,3)17-7-10(17)4-12(21(9-17)15(22)23)8-24-14-6-11(18)5-13(19)20-14/h5-6,10,12H,4,7-9H2,1-3H3,(H,22,23)/t10-,12+,17+/m1/s1. The lowest BCUT2D eigenvalue weighted by Gasteiger charge is -2.43. The van der Waals surface area contributed by atoms with Crippen molar-refractivity contribution in [1.29, 1.82) is 0 Å². The Morgan fingerprint density at radius 3 is 2.75 bits per heavy atom. The van der Waals surface area contributed by atoms with Crippen LogP contribution in [0.25, 0.3) is 0 Å². The van der Waals surface area contributed by atoms with Gasteiger partial charge in [-0.25, -0.2) is 9.78 Å². The molecule has 1 aliphatic carbocycles. The number of rotatable bonds is 3. The molecule has 132 valence electrons. The zero-order valence-corrected chi connectivity index (χ0v) is 15.6. The number of amides is 1. The molecule has 0 radical (unpaired) electrons. The van der Waals surface area contributed by atoms with Crippen molar-refractivity contribution in [3.63, 3.8) is 0 Å². The summed E-state index contributed by atoms with van der Waals surface area (Å²) < 4.78 is 5.69. The predicted molar refractivity (Wildman–Crippen MR) is 92.9 cm³/mol. The van der Waals surface area contributed by atoms with E-state index >= 15 is 0 Å². The Balaban J connectivity index is 1.71. The lowest BCUT2D eigenvalue weighted by molar-refractivity contribution is 0.0268. The maximum atomic E-state index is 11.7. The van der Waals surface area contributed by atoms with Crippen molar-refractivity contribution in [3.05, 3.63) is 22.3 Å². The molecule has 1 aliphatic heterocycles. The van der Waals surface area contributed by atoms with Crippen LogP contribution in [-0.4, -0.2) is 40.3 Å². The Kier molecular flexibility index (Phi) is 4.37. The molecule has 0 bridgehead atoms. The van der Waals surface area contributed by atoms with Crippen molar-refractivity contribution in [2.24, 2.45) is 16.7 Å². The van der Waals surface area contributed by atoms with Gasteiger partial charge in [0.1, 0.15) is 11.8 Å². The van der Waals surface area contributed by atoms with Crippen LogP contribution in [0.4, 0.5) is 4.79 Å². The van der Waals surface area contributed by atoms with Crippen LogP contribution in [0.3, 0.4) is 0 Å². The van der Waals surface area contributed by atoms with Crippen LogP contribution in [-0.2, 0) is 0 Å². The summed E-state index contributed by atoms with van der Waals surface area (Å²) in [5.74, 6) is 0.874. The number of pyridine rings is 1. The Morgan fingerprint density at radius 1 is 1.46 bits per heavy atom. The highest BCUT2D eigenvalue weighted by Gasteiger charge is 2.65. The smallest absolute Gasteiger partial charge is 0.407 e. The van der Waals surface area contributed by atoms with E-state index in [9.17, 15) is 9.90 Å². The largest absolute Gasteiger partial charge is 0.475 e. The fourth-order valence-electron chi connectivity index (χ4n) is 4.01. The topological polar surface area (TPSA) is 62.7 Å². The minimum atomic E-state index is -0.894. The molecule has 0 aromatic carbocycles. The van der Waals surface area contributed by atoms with Crippen LogP contribution in [0, 0.1) is 16.7 Å². The molecule has 0 unspecified atom stereocenters. The third kappa shape index (κ3) is 3.16. The number of carbonyl (C=O) groups is 1. The number of carboxylic acid groups (broad SMARTS) is 1. The van der Waals surface area contributed by atoms with Gasteiger partial charge in [-0.3, -0.25) is 0 Å². The zero-order chi connectivity index (χ0) is 17.7. The van der Waals surface area contributed by atoms with E-state index in [0.29, 0.717) is 23.4 Å². The summed E-state index contributed by atoms with van der Waals surface area (Å²) in [6.07, 6.45) is 1.00. The Hall–Kier alpha value is -1.20. The molecule has 0 spiro atoms. The monoisotopic (exact) mass is 372 g/mol. The summed E-state index contributed by atoms with van der Waals surface area (Å²) in [6.45, 7) is 7.41. The first-order valence-corrected chi connectivity index (χ1v) is 8.83. The van der Waals surface area contributed by atoms with Gasteiger partial charge in [-0.2, -0.15) is 0 Å². The van der Waals surface area contributed by atoms with Crippen LogP contribution in [0.1, 0.15) is 33.6 Å². The highest BCUT2D eigenvalue weighted by Crippen LogP contribution is 2.67. The summed E-state index contributed by atoms with van der Waals surface area (Å²) in [6, 6.07) is 2.94. The van der Waals surface area contributed by atoms with Crippen molar-refractivity contribution >= 4 is 29.3 Å². The van der Waals surface area contributed by atoms with Crippen molar-refractivity contribution in [3.8, 4) is 5.88 Å². The molecule has 2 fully saturated rings.